The number of carbonyl (C=O) groups is 2. The lowest BCUT2D eigenvalue weighted by Gasteiger charge is -2.34. The summed E-state index contributed by atoms with van der Waals surface area (Å²) in [5.74, 6) is 0.288. The monoisotopic (exact) mass is 298 g/mol. The summed E-state index contributed by atoms with van der Waals surface area (Å²) in [6.45, 7) is 11.1. The van der Waals surface area contributed by atoms with Crippen molar-refractivity contribution in [1.29, 1.82) is 0 Å². The minimum Gasteiger partial charge on any atom is -0.355 e. The third-order valence-electron chi connectivity index (χ3n) is 3.56. The Labute approximate surface area is 128 Å². The average Bonchev–Trinajstić information content (AvgIpc) is 2.45. The summed E-state index contributed by atoms with van der Waals surface area (Å²) in [5.41, 5.74) is 0. The minimum atomic E-state index is 0.0813. The first-order chi connectivity index (χ1) is 10.0. The predicted octanol–water partition coefficient (Wildman–Crippen LogP) is 0.0449. The SMILES string of the molecule is CCCNC(=O)CN1CCN(C(=O)CCNC(C)C)CC1. The summed E-state index contributed by atoms with van der Waals surface area (Å²) in [4.78, 5) is 27.7. The third-order valence-corrected chi connectivity index (χ3v) is 3.56. The van der Waals surface area contributed by atoms with Crippen molar-refractivity contribution in [3.05, 3.63) is 0 Å². The number of hydrogen-bond acceptors (Lipinski definition) is 4. The molecule has 1 rings (SSSR count). The zero-order chi connectivity index (χ0) is 15.7. The van der Waals surface area contributed by atoms with Crippen LogP contribution in [0.3, 0.4) is 0 Å². The molecule has 6 heteroatoms. The standard InChI is InChI=1S/C15H30N4O2/c1-4-6-17-14(20)12-18-8-10-19(11-9-18)15(21)5-7-16-13(2)3/h13,16H,4-12H2,1-3H3,(H,17,20). The molecule has 0 aliphatic carbocycles. The minimum absolute atomic E-state index is 0.0813. The lowest BCUT2D eigenvalue weighted by molar-refractivity contribution is -0.133. The Bertz CT molecular complexity index is 326. The highest BCUT2D eigenvalue weighted by Crippen LogP contribution is 2.03. The van der Waals surface area contributed by atoms with Gasteiger partial charge in [-0.15, -0.1) is 0 Å². The summed E-state index contributed by atoms with van der Waals surface area (Å²) in [6.07, 6.45) is 1.51. The number of amides is 2. The van der Waals surface area contributed by atoms with Crippen molar-refractivity contribution < 1.29 is 9.59 Å². The van der Waals surface area contributed by atoms with Gasteiger partial charge < -0.3 is 15.5 Å². The predicted molar refractivity (Wildman–Crippen MR) is 84.1 cm³/mol. The van der Waals surface area contributed by atoms with Gasteiger partial charge in [-0.1, -0.05) is 20.8 Å². The first-order valence-electron chi connectivity index (χ1n) is 8.03. The van der Waals surface area contributed by atoms with Gasteiger partial charge in [0.05, 0.1) is 6.54 Å². The fourth-order valence-corrected chi connectivity index (χ4v) is 2.30. The zero-order valence-electron chi connectivity index (χ0n) is 13.7. The van der Waals surface area contributed by atoms with Crippen LogP contribution in [-0.2, 0) is 9.59 Å². The molecular formula is C15H30N4O2. The average molecular weight is 298 g/mol. The summed E-state index contributed by atoms with van der Waals surface area (Å²) in [7, 11) is 0. The number of nitrogens with one attached hydrogen (secondary N) is 2. The molecule has 0 bridgehead atoms. The van der Waals surface area contributed by atoms with E-state index in [0.717, 1.165) is 45.7 Å². The Hall–Kier alpha value is -1.14. The quantitative estimate of drug-likeness (QED) is 0.664. The molecule has 6 nitrogen and oxygen atoms in total. The Morgan fingerprint density at radius 3 is 2.33 bits per heavy atom. The fraction of sp³-hybridized carbons (Fsp3) is 0.867. The van der Waals surface area contributed by atoms with Crippen LogP contribution in [0.25, 0.3) is 0 Å². The smallest absolute Gasteiger partial charge is 0.234 e. The van der Waals surface area contributed by atoms with E-state index in [1.165, 1.54) is 0 Å². The molecule has 1 saturated heterocycles. The van der Waals surface area contributed by atoms with Crippen molar-refractivity contribution in [2.75, 3.05) is 45.8 Å². The molecule has 1 aliphatic heterocycles. The molecule has 1 fully saturated rings. The van der Waals surface area contributed by atoms with Gasteiger partial charge in [-0.05, 0) is 6.42 Å². The molecule has 0 unspecified atom stereocenters. The summed E-state index contributed by atoms with van der Waals surface area (Å²) in [5, 5.41) is 6.14. The van der Waals surface area contributed by atoms with Crippen LogP contribution in [0.15, 0.2) is 0 Å². The number of hydrogen-bond donors (Lipinski definition) is 2. The molecule has 2 N–H and O–H groups in total. The summed E-state index contributed by atoms with van der Waals surface area (Å²) >= 11 is 0. The van der Waals surface area contributed by atoms with Crippen LogP contribution in [-0.4, -0.2) is 73.5 Å². The highest BCUT2D eigenvalue weighted by Gasteiger charge is 2.21. The maximum absolute atomic E-state index is 12.0. The van der Waals surface area contributed by atoms with Crippen molar-refractivity contribution in [3.8, 4) is 0 Å². The molecule has 0 atom stereocenters. The largest absolute Gasteiger partial charge is 0.355 e. The second-order valence-electron chi connectivity index (χ2n) is 5.87. The highest BCUT2D eigenvalue weighted by molar-refractivity contribution is 5.78. The van der Waals surface area contributed by atoms with Crippen molar-refractivity contribution in [3.63, 3.8) is 0 Å². The summed E-state index contributed by atoms with van der Waals surface area (Å²) < 4.78 is 0. The molecule has 1 aliphatic rings. The molecule has 0 aromatic rings. The van der Waals surface area contributed by atoms with E-state index in [2.05, 4.69) is 29.4 Å². The maximum atomic E-state index is 12.0. The zero-order valence-corrected chi connectivity index (χ0v) is 13.7. The van der Waals surface area contributed by atoms with Crippen LogP contribution < -0.4 is 10.6 Å². The first kappa shape index (κ1) is 17.9. The van der Waals surface area contributed by atoms with Crippen molar-refractivity contribution >= 4 is 11.8 Å². The van der Waals surface area contributed by atoms with E-state index in [0.29, 0.717) is 19.0 Å². The molecule has 0 spiro atoms. The Morgan fingerprint density at radius 1 is 1.10 bits per heavy atom. The molecule has 21 heavy (non-hydrogen) atoms. The highest BCUT2D eigenvalue weighted by atomic mass is 16.2. The van der Waals surface area contributed by atoms with Crippen molar-refractivity contribution in [2.45, 2.75) is 39.7 Å². The van der Waals surface area contributed by atoms with Gasteiger partial charge in [-0.3, -0.25) is 14.5 Å². The van der Waals surface area contributed by atoms with Crippen LogP contribution in [0.4, 0.5) is 0 Å². The van der Waals surface area contributed by atoms with E-state index in [-0.39, 0.29) is 11.8 Å². The number of rotatable bonds is 8. The molecule has 0 aromatic carbocycles. The van der Waals surface area contributed by atoms with E-state index in [4.69, 9.17) is 0 Å². The second kappa shape index (κ2) is 9.73. The fourth-order valence-electron chi connectivity index (χ4n) is 2.30. The van der Waals surface area contributed by atoms with E-state index < -0.39 is 0 Å². The van der Waals surface area contributed by atoms with Crippen molar-refractivity contribution in [2.24, 2.45) is 0 Å². The molecule has 1 heterocycles. The van der Waals surface area contributed by atoms with E-state index in [1.54, 1.807) is 0 Å². The normalized spacial score (nSPS) is 16.3. The van der Waals surface area contributed by atoms with Gasteiger partial charge in [-0.2, -0.15) is 0 Å². The van der Waals surface area contributed by atoms with Crippen LogP contribution in [0, 0.1) is 0 Å². The van der Waals surface area contributed by atoms with Gasteiger partial charge in [-0.25, -0.2) is 0 Å². The molecule has 0 radical (unpaired) electrons. The van der Waals surface area contributed by atoms with Gasteiger partial charge in [0.2, 0.25) is 11.8 Å². The Balaban J connectivity index is 2.19. The number of nitrogens with zero attached hydrogens (tertiary/aromatic N) is 2. The van der Waals surface area contributed by atoms with Gasteiger partial charge in [0.1, 0.15) is 0 Å². The van der Waals surface area contributed by atoms with Gasteiger partial charge in [0.15, 0.2) is 0 Å². The van der Waals surface area contributed by atoms with Gasteiger partial charge in [0.25, 0.3) is 0 Å². The number of carbonyl (C=O) groups excluding carboxylic acids is 2. The van der Waals surface area contributed by atoms with Crippen LogP contribution in [0.1, 0.15) is 33.6 Å². The Kier molecular flexibility index (Phi) is 8.30. The number of piperazine rings is 1. The van der Waals surface area contributed by atoms with E-state index in [9.17, 15) is 9.59 Å². The molecule has 2 amide bonds. The van der Waals surface area contributed by atoms with Crippen molar-refractivity contribution in [1.82, 2.24) is 20.4 Å². The molecule has 122 valence electrons. The van der Waals surface area contributed by atoms with Gasteiger partial charge >= 0.3 is 0 Å². The molecule has 0 aromatic heterocycles. The maximum Gasteiger partial charge on any atom is 0.234 e. The van der Waals surface area contributed by atoms with Gasteiger partial charge in [0, 0.05) is 51.7 Å². The summed E-state index contributed by atoms with van der Waals surface area (Å²) in [6, 6.07) is 0.413. The van der Waals surface area contributed by atoms with E-state index >= 15 is 0 Å². The Morgan fingerprint density at radius 2 is 1.76 bits per heavy atom. The third kappa shape index (κ3) is 7.43. The lowest BCUT2D eigenvalue weighted by atomic mass is 10.2. The van der Waals surface area contributed by atoms with Crippen LogP contribution in [0.5, 0.6) is 0 Å². The first-order valence-corrected chi connectivity index (χ1v) is 8.03. The second-order valence-corrected chi connectivity index (χ2v) is 5.87. The van der Waals surface area contributed by atoms with Crippen LogP contribution >= 0.6 is 0 Å². The van der Waals surface area contributed by atoms with E-state index in [1.807, 2.05) is 11.8 Å². The van der Waals surface area contributed by atoms with Crippen LogP contribution in [0.2, 0.25) is 0 Å². The topological polar surface area (TPSA) is 64.7 Å². The lowest BCUT2D eigenvalue weighted by Crippen LogP contribution is -2.51. The molecule has 0 saturated carbocycles. The molecular weight excluding hydrogens is 268 g/mol.